The van der Waals surface area contributed by atoms with Crippen LogP contribution >= 0.6 is 0 Å². The monoisotopic (exact) mass is 307 g/mol. The Morgan fingerprint density at radius 1 is 1.24 bits per heavy atom. The smallest absolute Gasteiger partial charge is 0.218 e. The first-order valence-electron chi connectivity index (χ1n) is 7.15. The predicted octanol–water partition coefficient (Wildman–Crippen LogP) is 1.88. The van der Waals surface area contributed by atoms with Crippen LogP contribution in [-0.2, 0) is 20.5 Å². The molecule has 0 N–H and O–H groups in total. The number of nitrogens with zero attached hydrogens (tertiary/aromatic N) is 1. The van der Waals surface area contributed by atoms with E-state index in [4.69, 9.17) is 11.2 Å². The first kappa shape index (κ1) is 16.0. The van der Waals surface area contributed by atoms with Gasteiger partial charge in [0.05, 0.1) is 12.4 Å². The van der Waals surface area contributed by atoms with Crippen LogP contribution in [0.4, 0.5) is 0 Å². The van der Waals surface area contributed by atoms with Crippen LogP contribution in [0.15, 0.2) is 30.3 Å². The number of terminal acetylenes is 1. The van der Waals surface area contributed by atoms with Crippen molar-refractivity contribution in [3.8, 4) is 12.3 Å². The molecule has 0 amide bonds. The Labute approximate surface area is 127 Å². The molecule has 1 aliphatic heterocycles. The van der Waals surface area contributed by atoms with E-state index in [0.717, 1.165) is 18.4 Å². The average Bonchev–Trinajstić information content (AvgIpc) is 2.49. The van der Waals surface area contributed by atoms with E-state index in [1.54, 1.807) is 4.31 Å². The molecule has 0 radical (unpaired) electrons. The van der Waals surface area contributed by atoms with Crippen molar-refractivity contribution in [2.24, 2.45) is 5.92 Å². The highest BCUT2D eigenvalue weighted by Crippen LogP contribution is 2.21. The Balaban J connectivity index is 1.85. The van der Waals surface area contributed by atoms with Gasteiger partial charge >= 0.3 is 0 Å². The zero-order valence-corrected chi connectivity index (χ0v) is 12.9. The van der Waals surface area contributed by atoms with E-state index in [1.165, 1.54) is 0 Å². The van der Waals surface area contributed by atoms with Crippen LogP contribution in [0.2, 0.25) is 0 Å². The Bertz CT molecular complexity index is 569. The van der Waals surface area contributed by atoms with E-state index in [1.807, 2.05) is 30.3 Å². The summed E-state index contributed by atoms with van der Waals surface area (Å²) in [5.74, 6) is 2.92. The van der Waals surface area contributed by atoms with Crippen LogP contribution in [0, 0.1) is 18.3 Å². The van der Waals surface area contributed by atoms with Crippen molar-refractivity contribution >= 4 is 10.0 Å². The lowest BCUT2D eigenvalue weighted by Crippen LogP contribution is -2.40. The van der Waals surface area contributed by atoms with Crippen molar-refractivity contribution < 1.29 is 13.2 Å². The number of benzene rings is 1. The molecule has 1 fully saturated rings. The fourth-order valence-corrected chi connectivity index (χ4v) is 4.08. The summed E-state index contributed by atoms with van der Waals surface area (Å²) in [4.78, 5) is 0. The minimum absolute atomic E-state index is 0.0755. The van der Waals surface area contributed by atoms with E-state index in [9.17, 15) is 8.42 Å². The van der Waals surface area contributed by atoms with Gasteiger partial charge in [0, 0.05) is 13.1 Å². The van der Waals surface area contributed by atoms with Crippen molar-refractivity contribution in [2.75, 3.05) is 26.3 Å². The maximum atomic E-state index is 12.4. The molecule has 114 valence electrons. The molecular weight excluding hydrogens is 286 g/mol. The Hall–Kier alpha value is -1.35. The topological polar surface area (TPSA) is 46.6 Å². The Morgan fingerprint density at radius 2 is 1.90 bits per heavy atom. The van der Waals surface area contributed by atoms with Gasteiger partial charge in [-0.1, -0.05) is 36.3 Å². The third kappa shape index (κ3) is 4.85. The quantitative estimate of drug-likeness (QED) is 0.595. The molecule has 2 rings (SSSR count). The van der Waals surface area contributed by atoms with E-state index >= 15 is 0 Å². The SMILES string of the molecule is C#CCOCC1CCN(S(=O)(=O)Cc2ccccc2)CC1. The first-order valence-corrected chi connectivity index (χ1v) is 8.75. The van der Waals surface area contributed by atoms with Crippen LogP contribution in [0.25, 0.3) is 0 Å². The van der Waals surface area contributed by atoms with Crippen LogP contribution in [0.5, 0.6) is 0 Å². The normalized spacial score (nSPS) is 17.5. The minimum atomic E-state index is -3.22. The average molecular weight is 307 g/mol. The molecule has 0 spiro atoms. The van der Waals surface area contributed by atoms with Crippen molar-refractivity contribution in [1.82, 2.24) is 4.31 Å². The summed E-state index contributed by atoms with van der Waals surface area (Å²) < 4.78 is 31.7. The van der Waals surface area contributed by atoms with Crippen LogP contribution in [-0.4, -0.2) is 39.0 Å². The molecule has 0 aromatic heterocycles. The van der Waals surface area contributed by atoms with E-state index < -0.39 is 10.0 Å². The second-order valence-corrected chi connectivity index (χ2v) is 7.27. The third-order valence-corrected chi connectivity index (χ3v) is 5.55. The summed E-state index contributed by atoms with van der Waals surface area (Å²) in [6, 6.07) is 9.30. The molecule has 0 saturated carbocycles. The molecule has 0 unspecified atom stereocenters. The number of rotatable bonds is 6. The number of hydrogen-bond donors (Lipinski definition) is 0. The molecule has 21 heavy (non-hydrogen) atoms. The summed E-state index contributed by atoms with van der Waals surface area (Å²) in [6.45, 7) is 2.09. The zero-order valence-electron chi connectivity index (χ0n) is 12.1. The van der Waals surface area contributed by atoms with Gasteiger partial charge in [0.1, 0.15) is 6.61 Å². The number of sulfonamides is 1. The lowest BCUT2D eigenvalue weighted by Gasteiger charge is -2.31. The Kier molecular flexibility index (Phi) is 5.80. The fourth-order valence-electron chi connectivity index (χ4n) is 2.51. The molecular formula is C16H21NO3S. The second kappa shape index (κ2) is 7.60. The highest BCUT2D eigenvalue weighted by atomic mass is 32.2. The summed E-state index contributed by atoms with van der Waals surface area (Å²) in [5.41, 5.74) is 0.831. The summed E-state index contributed by atoms with van der Waals surface area (Å²) >= 11 is 0. The maximum Gasteiger partial charge on any atom is 0.218 e. The van der Waals surface area contributed by atoms with Gasteiger partial charge < -0.3 is 4.74 Å². The predicted molar refractivity (Wildman–Crippen MR) is 83.0 cm³/mol. The van der Waals surface area contributed by atoms with E-state index in [0.29, 0.717) is 32.2 Å². The summed E-state index contributed by atoms with van der Waals surface area (Å²) in [7, 11) is -3.22. The molecule has 5 heteroatoms. The zero-order chi connectivity index (χ0) is 15.1. The van der Waals surface area contributed by atoms with Gasteiger partial charge in [-0.2, -0.15) is 0 Å². The van der Waals surface area contributed by atoms with Gasteiger partial charge in [0.25, 0.3) is 0 Å². The molecule has 1 saturated heterocycles. The first-order chi connectivity index (χ1) is 10.1. The molecule has 1 aliphatic rings. The van der Waals surface area contributed by atoms with Crippen molar-refractivity contribution in [3.63, 3.8) is 0 Å². The van der Waals surface area contributed by atoms with Crippen molar-refractivity contribution in [1.29, 1.82) is 0 Å². The molecule has 1 aromatic rings. The van der Waals surface area contributed by atoms with Gasteiger partial charge in [-0.15, -0.1) is 6.42 Å². The molecule has 1 heterocycles. The molecule has 1 aromatic carbocycles. The van der Waals surface area contributed by atoms with Crippen molar-refractivity contribution in [2.45, 2.75) is 18.6 Å². The number of piperidine rings is 1. The van der Waals surface area contributed by atoms with E-state index in [-0.39, 0.29) is 5.75 Å². The van der Waals surface area contributed by atoms with Gasteiger partial charge in [0.2, 0.25) is 10.0 Å². The third-order valence-electron chi connectivity index (χ3n) is 3.70. The van der Waals surface area contributed by atoms with Gasteiger partial charge in [0.15, 0.2) is 0 Å². The second-order valence-electron chi connectivity index (χ2n) is 5.30. The Morgan fingerprint density at radius 3 is 2.52 bits per heavy atom. The standard InChI is InChI=1S/C16H21NO3S/c1-2-12-20-13-15-8-10-17(11-9-15)21(18,19)14-16-6-4-3-5-7-16/h1,3-7,15H,8-14H2. The fraction of sp³-hybridized carbons (Fsp3) is 0.500. The van der Waals surface area contributed by atoms with Gasteiger partial charge in [-0.3, -0.25) is 0 Å². The minimum Gasteiger partial charge on any atom is -0.369 e. The number of ether oxygens (including phenoxy) is 1. The van der Waals surface area contributed by atoms with Crippen LogP contribution < -0.4 is 0 Å². The molecule has 0 bridgehead atoms. The summed E-state index contributed by atoms with van der Waals surface area (Å²) in [6.07, 6.45) is 6.80. The van der Waals surface area contributed by atoms with Gasteiger partial charge in [-0.05, 0) is 24.3 Å². The highest BCUT2D eigenvalue weighted by molar-refractivity contribution is 7.88. The lowest BCUT2D eigenvalue weighted by molar-refractivity contribution is 0.101. The van der Waals surface area contributed by atoms with Crippen molar-refractivity contribution in [3.05, 3.63) is 35.9 Å². The maximum absolute atomic E-state index is 12.4. The van der Waals surface area contributed by atoms with E-state index in [2.05, 4.69) is 5.92 Å². The lowest BCUT2D eigenvalue weighted by atomic mass is 9.99. The summed E-state index contributed by atoms with van der Waals surface area (Å²) in [5, 5.41) is 0. The number of hydrogen-bond acceptors (Lipinski definition) is 3. The largest absolute Gasteiger partial charge is 0.369 e. The van der Waals surface area contributed by atoms with Gasteiger partial charge in [-0.25, -0.2) is 12.7 Å². The molecule has 0 aliphatic carbocycles. The highest BCUT2D eigenvalue weighted by Gasteiger charge is 2.28. The molecule has 0 atom stereocenters. The van der Waals surface area contributed by atoms with Crippen LogP contribution in [0.1, 0.15) is 18.4 Å². The van der Waals surface area contributed by atoms with Crippen LogP contribution in [0.3, 0.4) is 0 Å². The molecule has 4 nitrogen and oxygen atoms in total.